The van der Waals surface area contributed by atoms with E-state index in [1.165, 1.54) is 0 Å². The first-order valence-electron chi connectivity index (χ1n) is 5.73. The van der Waals surface area contributed by atoms with Crippen molar-refractivity contribution in [2.75, 3.05) is 0 Å². The fourth-order valence-electron chi connectivity index (χ4n) is 2.17. The largest absolute Gasteiger partial charge is 0.449 e. The van der Waals surface area contributed by atoms with Crippen LogP contribution >= 0.6 is 11.6 Å². The lowest BCUT2D eigenvalue weighted by atomic mass is 9.99. The minimum atomic E-state index is -0.341. The van der Waals surface area contributed by atoms with Gasteiger partial charge in [-0.1, -0.05) is 41.9 Å². The summed E-state index contributed by atoms with van der Waals surface area (Å²) in [4.78, 5) is 11.7. The topological polar surface area (TPSA) is 26.3 Å². The van der Waals surface area contributed by atoms with Gasteiger partial charge in [0.15, 0.2) is 6.10 Å². The summed E-state index contributed by atoms with van der Waals surface area (Å²) in [5, 5.41) is 0.688. The van der Waals surface area contributed by atoms with Gasteiger partial charge in [-0.3, -0.25) is 0 Å². The van der Waals surface area contributed by atoms with Crippen molar-refractivity contribution in [3.8, 4) is 0 Å². The van der Waals surface area contributed by atoms with Crippen LogP contribution in [0, 0.1) is 6.92 Å². The van der Waals surface area contributed by atoms with Crippen molar-refractivity contribution in [2.45, 2.75) is 13.0 Å². The standard InChI is InChI=1S/C15H11ClO2/c1-9-6-7-10(8-13(9)16)14-11-4-2-3-5-12(11)15(17)18-14/h2-8,14H,1H3/t14-/m0/s1. The molecule has 2 aromatic rings. The maximum atomic E-state index is 11.7. The van der Waals surface area contributed by atoms with Crippen LogP contribution in [0.4, 0.5) is 0 Å². The molecule has 0 N–H and O–H groups in total. The van der Waals surface area contributed by atoms with Crippen molar-refractivity contribution in [1.29, 1.82) is 0 Å². The zero-order valence-corrected chi connectivity index (χ0v) is 10.6. The van der Waals surface area contributed by atoms with E-state index in [-0.39, 0.29) is 12.1 Å². The fourth-order valence-corrected chi connectivity index (χ4v) is 2.35. The van der Waals surface area contributed by atoms with Crippen LogP contribution in [0.15, 0.2) is 42.5 Å². The van der Waals surface area contributed by atoms with E-state index in [2.05, 4.69) is 0 Å². The van der Waals surface area contributed by atoms with Gasteiger partial charge >= 0.3 is 5.97 Å². The third-order valence-corrected chi connectivity index (χ3v) is 3.59. The molecule has 0 spiro atoms. The number of carbonyl (C=O) groups excluding carboxylic acids is 1. The first kappa shape index (κ1) is 11.3. The van der Waals surface area contributed by atoms with Gasteiger partial charge in [0.25, 0.3) is 0 Å². The molecular formula is C15H11ClO2. The number of halogens is 1. The molecule has 1 atom stereocenters. The van der Waals surface area contributed by atoms with Gasteiger partial charge in [0.1, 0.15) is 0 Å². The smallest absolute Gasteiger partial charge is 0.339 e. The van der Waals surface area contributed by atoms with Crippen molar-refractivity contribution in [3.63, 3.8) is 0 Å². The fraction of sp³-hybridized carbons (Fsp3) is 0.133. The maximum Gasteiger partial charge on any atom is 0.339 e. The monoisotopic (exact) mass is 258 g/mol. The number of rotatable bonds is 1. The Morgan fingerprint density at radius 1 is 1.17 bits per heavy atom. The molecule has 3 rings (SSSR count). The summed E-state index contributed by atoms with van der Waals surface area (Å²) in [5.74, 6) is -0.271. The molecule has 0 amide bonds. The Morgan fingerprint density at radius 3 is 2.72 bits per heavy atom. The van der Waals surface area contributed by atoms with Crippen molar-refractivity contribution >= 4 is 17.6 Å². The number of esters is 1. The van der Waals surface area contributed by atoms with Crippen LogP contribution in [0.2, 0.25) is 5.02 Å². The lowest BCUT2D eigenvalue weighted by Crippen LogP contribution is -2.00. The SMILES string of the molecule is Cc1ccc([C@@H]2OC(=O)c3ccccc32)cc1Cl. The second-order valence-electron chi connectivity index (χ2n) is 4.38. The van der Waals surface area contributed by atoms with E-state index >= 15 is 0 Å². The van der Waals surface area contributed by atoms with E-state index in [4.69, 9.17) is 16.3 Å². The molecule has 1 aliphatic rings. The number of benzene rings is 2. The Morgan fingerprint density at radius 2 is 1.94 bits per heavy atom. The van der Waals surface area contributed by atoms with E-state index in [1.54, 1.807) is 6.07 Å². The number of ether oxygens (including phenoxy) is 1. The van der Waals surface area contributed by atoms with Crippen LogP contribution in [0.3, 0.4) is 0 Å². The summed E-state index contributed by atoms with van der Waals surface area (Å²) >= 11 is 6.12. The quantitative estimate of drug-likeness (QED) is 0.725. The second kappa shape index (κ2) is 4.14. The van der Waals surface area contributed by atoms with Crippen molar-refractivity contribution < 1.29 is 9.53 Å². The van der Waals surface area contributed by atoms with Gasteiger partial charge < -0.3 is 4.74 Å². The molecule has 2 aromatic carbocycles. The molecule has 3 heteroatoms. The molecular weight excluding hydrogens is 248 g/mol. The molecule has 0 radical (unpaired) electrons. The van der Waals surface area contributed by atoms with Gasteiger partial charge in [0.05, 0.1) is 5.56 Å². The van der Waals surface area contributed by atoms with Crippen LogP contribution in [0.5, 0.6) is 0 Å². The molecule has 0 bridgehead atoms. The van der Waals surface area contributed by atoms with Gasteiger partial charge in [-0.15, -0.1) is 0 Å². The molecule has 1 aliphatic heterocycles. The minimum absolute atomic E-state index is 0.271. The van der Waals surface area contributed by atoms with Crippen LogP contribution in [0.25, 0.3) is 0 Å². The number of cyclic esters (lactones) is 1. The van der Waals surface area contributed by atoms with Crippen LogP contribution in [-0.4, -0.2) is 5.97 Å². The first-order chi connectivity index (χ1) is 8.66. The second-order valence-corrected chi connectivity index (χ2v) is 4.79. The third kappa shape index (κ3) is 1.70. The zero-order valence-electron chi connectivity index (χ0n) is 9.81. The van der Waals surface area contributed by atoms with Gasteiger partial charge in [0, 0.05) is 10.6 Å². The molecule has 0 unspecified atom stereocenters. The predicted octanol–water partition coefficient (Wildman–Crippen LogP) is 3.91. The molecule has 0 aliphatic carbocycles. The lowest BCUT2D eigenvalue weighted by molar-refractivity contribution is 0.0456. The molecule has 90 valence electrons. The Hall–Kier alpha value is -1.80. The van der Waals surface area contributed by atoms with Crippen molar-refractivity contribution in [1.82, 2.24) is 0 Å². The summed E-state index contributed by atoms with van der Waals surface area (Å²) in [6, 6.07) is 13.2. The molecule has 0 saturated carbocycles. The third-order valence-electron chi connectivity index (χ3n) is 3.19. The van der Waals surface area contributed by atoms with E-state index in [9.17, 15) is 4.79 Å². The highest BCUT2D eigenvalue weighted by Gasteiger charge is 2.31. The van der Waals surface area contributed by atoms with Crippen LogP contribution < -0.4 is 0 Å². The summed E-state index contributed by atoms with van der Waals surface area (Å²) in [7, 11) is 0. The Kier molecular flexibility index (Phi) is 2.60. The van der Waals surface area contributed by atoms with E-state index in [0.29, 0.717) is 10.6 Å². The summed E-state index contributed by atoms with van der Waals surface area (Å²) in [6.45, 7) is 1.95. The average Bonchev–Trinajstić information content (AvgIpc) is 2.71. The highest BCUT2D eigenvalue weighted by Crippen LogP contribution is 2.36. The molecule has 2 nitrogen and oxygen atoms in total. The first-order valence-corrected chi connectivity index (χ1v) is 6.10. The van der Waals surface area contributed by atoms with E-state index in [1.807, 2.05) is 43.3 Å². The summed E-state index contributed by atoms with van der Waals surface area (Å²) < 4.78 is 5.42. The Labute approximate surface area is 110 Å². The Bertz CT molecular complexity index is 634. The van der Waals surface area contributed by atoms with Gasteiger partial charge in [-0.25, -0.2) is 4.79 Å². The maximum absolute atomic E-state index is 11.7. The highest BCUT2D eigenvalue weighted by molar-refractivity contribution is 6.31. The average molecular weight is 259 g/mol. The Balaban J connectivity index is 2.09. The number of hydrogen-bond donors (Lipinski definition) is 0. The van der Waals surface area contributed by atoms with E-state index in [0.717, 1.165) is 16.7 Å². The van der Waals surface area contributed by atoms with Crippen molar-refractivity contribution in [2.24, 2.45) is 0 Å². The highest BCUT2D eigenvalue weighted by atomic mass is 35.5. The summed E-state index contributed by atoms with van der Waals surface area (Å²) in [5.41, 5.74) is 3.46. The lowest BCUT2D eigenvalue weighted by Gasteiger charge is -2.12. The zero-order chi connectivity index (χ0) is 12.7. The van der Waals surface area contributed by atoms with E-state index < -0.39 is 0 Å². The molecule has 0 fully saturated rings. The number of hydrogen-bond acceptors (Lipinski definition) is 2. The van der Waals surface area contributed by atoms with Crippen molar-refractivity contribution in [3.05, 3.63) is 69.7 Å². The van der Waals surface area contributed by atoms with Gasteiger partial charge in [-0.05, 0) is 30.2 Å². The molecule has 0 aromatic heterocycles. The van der Waals surface area contributed by atoms with Gasteiger partial charge in [-0.2, -0.15) is 0 Å². The molecule has 1 heterocycles. The summed E-state index contributed by atoms with van der Waals surface area (Å²) in [6.07, 6.45) is -0.341. The number of aryl methyl sites for hydroxylation is 1. The molecule has 0 saturated heterocycles. The number of fused-ring (bicyclic) bond motifs is 1. The number of carbonyl (C=O) groups is 1. The van der Waals surface area contributed by atoms with Gasteiger partial charge in [0.2, 0.25) is 0 Å². The minimum Gasteiger partial charge on any atom is -0.449 e. The van der Waals surface area contributed by atoms with Crippen LogP contribution in [0.1, 0.15) is 33.2 Å². The van der Waals surface area contributed by atoms with Crippen LogP contribution in [-0.2, 0) is 4.74 Å². The predicted molar refractivity (Wildman–Crippen MR) is 69.9 cm³/mol. The normalized spacial score (nSPS) is 17.4. The molecule has 18 heavy (non-hydrogen) atoms.